The SMILES string of the molecule is Cc1ccc(S(=O)(=O)NCCC(=O)NC(C)(c2ccccc2)c2ccccc2)cc1C. The fourth-order valence-corrected chi connectivity index (χ4v) is 4.58. The maximum absolute atomic E-state index is 12.8. The van der Waals surface area contributed by atoms with Gasteiger partial charge in [0.15, 0.2) is 0 Å². The van der Waals surface area contributed by atoms with Gasteiger partial charge in [0.05, 0.1) is 10.4 Å². The monoisotopic (exact) mass is 436 g/mol. The van der Waals surface area contributed by atoms with Crippen molar-refractivity contribution >= 4 is 15.9 Å². The number of aryl methyl sites for hydroxylation is 2. The molecule has 6 heteroatoms. The molecule has 0 atom stereocenters. The second-order valence-electron chi connectivity index (χ2n) is 7.80. The average molecular weight is 437 g/mol. The van der Waals surface area contributed by atoms with Crippen molar-refractivity contribution in [2.24, 2.45) is 0 Å². The number of nitrogens with one attached hydrogen (secondary N) is 2. The van der Waals surface area contributed by atoms with Gasteiger partial charge in [-0.15, -0.1) is 0 Å². The van der Waals surface area contributed by atoms with Gasteiger partial charge in [0, 0.05) is 13.0 Å². The van der Waals surface area contributed by atoms with Crippen molar-refractivity contribution in [1.29, 1.82) is 0 Å². The fraction of sp³-hybridized carbons (Fsp3) is 0.240. The van der Waals surface area contributed by atoms with Crippen LogP contribution in [-0.4, -0.2) is 20.9 Å². The summed E-state index contributed by atoms with van der Waals surface area (Å²) in [5, 5.41) is 3.09. The molecule has 2 N–H and O–H groups in total. The lowest BCUT2D eigenvalue weighted by molar-refractivity contribution is -0.122. The maximum Gasteiger partial charge on any atom is 0.240 e. The van der Waals surface area contributed by atoms with Crippen molar-refractivity contribution in [2.45, 2.75) is 37.6 Å². The minimum atomic E-state index is -3.67. The Labute approximate surface area is 184 Å². The van der Waals surface area contributed by atoms with Crippen LogP contribution in [0.3, 0.4) is 0 Å². The Bertz CT molecular complexity index is 1100. The third-order valence-corrected chi connectivity index (χ3v) is 6.98. The Kier molecular flexibility index (Phi) is 6.93. The molecule has 0 bridgehead atoms. The lowest BCUT2D eigenvalue weighted by atomic mass is 9.84. The van der Waals surface area contributed by atoms with Crippen molar-refractivity contribution in [3.8, 4) is 0 Å². The van der Waals surface area contributed by atoms with Crippen LogP contribution in [0.15, 0.2) is 83.8 Å². The molecular formula is C25H28N2O3S. The van der Waals surface area contributed by atoms with Crippen molar-refractivity contribution in [1.82, 2.24) is 10.0 Å². The number of carbonyl (C=O) groups excluding carboxylic acids is 1. The molecule has 0 aliphatic heterocycles. The molecule has 0 saturated heterocycles. The first-order valence-electron chi connectivity index (χ1n) is 10.2. The molecule has 3 aromatic carbocycles. The van der Waals surface area contributed by atoms with Gasteiger partial charge in [-0.1, -0.05) is 66.7 Å². The van der Waals surface area contributed by atoms with Gasteiger partial charge in [-0.05, 0) is 55.2 Å². The van der Waals surface area contributed by atoms with Gasteiger partial charge in [-0.2, -0.15) is 0 Å². The Morgan fingerprint density at radius 3 is 1.90 bits per heavy atom. The van der Waals surface area contributed by atoms with E-state index < -0.39 is 15.6 Å². The summed E-state index contributed by atoms with van der Waals surface area (Å²) in [5.41, 5.74) is 3.10. The predicted molar refractivity (Wildman–Crippen MR) is 123 cm³/mol. The molecule has 5 nitrogen and oxygen atoms in total. The van der Waals surface area contributed by atoms with E-state index in [4.69, 9.17) is 0 Å². The fourth-order valence-electron chi connectivity index (χ4n) is 3.46. The summed E-state index contributed by atoms with van der Waals surface area (Å²) in [4.78, 5) is 13.0. The number of amides is 1. The third kappa shape index (κ3) is 5.40. The second-order valence-corrected chi connectivity index (χ2v) is 9.57. The van der Waals surface area contributed by atoms with Crippen molar-refractivity contribution < 1.29 is 13.2 Å². The van der Waals surface area contributed by atoms with E-state index in [-0.39, 0.29) is 23.8 Å². The highest BCUT2D eigenvalue weighted by Gasteiger charge is 2.30. The van der Waals surface area contributed by atoms with E-state index in [0.717, 1.165) is 22.3 Å². The van der Waals surface area contributed by atoms with Crippen molar-refractivity contribution in [3.63, 3.8) is 0 Å². The zero-order valence-corrected chi connectivity index (χ0v) is 18.9. The van der Waals surface area contributed by atoms with Gasteiger partial charge in [-0.25, -0.2) is 13.1 Å². The average Bonchev–Trinajstić information content (AvgIpc) is 2.76. The van der Waals surface area contributed by atoms with Gasteiger partial charge in [0.25, 0.3) is 0 Å². The molecule has 31 heavy (non-hydrogen) atoms. The molecule has 0 aliphatic rings. The Morgan fingerprint density at radius 2 is 1.39 bits per heavy atom. The van der Waals surface area contributed by atoms with Crippen LogP contribution in [0.2, 0.25) is 0 Å². The summed E-state index contributed by atoms with van der Waals surface area (Å²) in [6, 6.07) is 24.4. The summed E-state index contributed by atoms with van der Waals surface area (Å²) in [5.74, 6) is -0.238. The molecule has 1 amide bonds. The van der Waals surface area contributed by atoms with Crippen LogP contribution < -0.4 is 10.0 Å². The lowest BCUT2D eigenvalue weighted by Gasteiger charge is -2.32. The van der Waals surface area contributed by atoms with E-state index in [9.17, 15) is 13.2 Å². The molecule has 0 spiro atoms. The van der Waals surface area contributed by atoms with Gasteiger partial charge >= 0.3 is 0 Å². The topological polar surface area (TPSA) is 75.3 Å². The van der Waals surface area contributed by atoms with Crippen LogP contribution in [-0.2, 0) is 20.4 Å². The normalized spacial score (nSPS) is 11.8. The number of benzene rings is 3. The first-order chi connectivity index (χ1) is 14.7. The van der Waals surface area contributed by atoms with Gasteiger partial charge in [0.1, 0.15) is 0 Å². The number of rotatable bonds is 8. The van der Waals surface area contributed by atoms with Crippen molar-refractivity contribution in [2.75, 3.05) is 6.54 Å². The molecule has 0 saturated carbocycles. The summed E-state index contributed by atoms with van der Waals surface area (Å²) < 4.78 is 27.7. The Morgan fingerprint density at radius 1 is 0.839 bits per heavy atom. The zero-order valence-electron chi connectivity index (χ0n) is 18.1. The van der Waals surface area contributed by atoms with E-state index in [1.165, 1.54) is 0 Å². The maximum atomic E-state index is 12.8. The quantitative estimate of drug-likeness (QED) is 0.559. The molecular weight excluding hydrogens is 408 g/mol. The first-order valence-corrected chi connectivity index (χ1v) is 11.7. The number of sulfonamides is 1. The highest BCUT2D eigenvalue weighted by Crippen LogP contribution is 2.29. The lowest BCUT2D eigenvalue weighted by Crippen LogP contribution is -2.45. The first kappa shape index (κ1) is 22.7. The van der Waals surface area contributed by atoms with E-state index in [1.54, 1.807) is 18.2 Å². The predicted octanol–water partition coefficient (Wildman–Crippen LogP) is 4.05. The number of hydrogen-bond acceptors (Lipinski definition) is 3. The smallest absolute Gasteiger partial charge is 0.240 e. The van der Waals surface area contributed by atoms with Crippen LogP contribution in [0.1, 0.15) is 35.6 Å². The number of carbonyl (C=O) groups is 1. The summed E-state index contributed by atoms with van der Waals surface area (Å²) >= 11 is 0. The highest BCUT2D eigenvalue weighted by molar-refractivity contribution is 7.89. The van der Waals surface area contributed by atoms with Crippen molar-refractivity contribution in [3.05, 3.63) is 101 Å². The standard InChI is InChI=1S/C25H28N2O3S/c1-19-14-15-23(18-20(19)2)31(29,30)26-17-16-24(28)27-25(3,21-10-6-4-7-11-21)22-12-8-5-9-13-22/h4-15,18,26H,16-17H2,1-3H3,(H,27,28). The number of hydrogen-bond donors (Lipinski definition) is 2. The molecule has 3 rings (SSSR count). The molecule has 162 valence electrons. The van der Waals surface area contributed by atoms with E-state index in [2.05, 4.69) is 10.0 Å². The summed E-state index contributed by atoms with van der Waals surface area (Å²) in [6.07, 6.45) is 0.0271. The van der Waals surface area contributed by atoms with Gasteiger partial charge < -0.3 is 5.32 Å². The Hall–Kier alpha value is -2.96. The van der Waals surface area contributed by atoms with E-state index in [1.807, 2.05) is 81.4 Å². The van der Waals surface area contributed by atoms with Crippen LogP contribution in [0, 0.1) is 13.8 Å². The molecule has 0 aromatic heterocycles. The molecule has 0 aliphatic carbocycles. The van der Waals surface area contributed by atoms with Crippen LogP contribution in [0.25, 0.3) is 0 Å². The van der Waals surface area contributed by atoms with Crippen LogP contribution in [0.4, 0.5) is 0 Å². The van der Waals surface area contributed by atoms with E-state index in [0.29, 0.717) is 0 Å². The van der Waals surface area contributed by atoms with Gasteiger partial charge in [0.2, 0.25) is 15.9 Å². The van der Waals surface area contributed by atoms with E-state index >= 15 is 0 Å². The third-order valence-electron chi connectivity index (χ3n) is 5.52. The second kappa shape index (κ2) is 9.45. The summed E-state index contributed by atoms with van der Waals surface area (Å²) in [6.45, 7) is 5.77. The molecule has 0 radical (unpaired) electrons. The van der Waals surface area contributed by atoms with Crippen LogP contribution in [0.5, 0.6) is 0 Å². The molecule has 0 fully saturated rings. The minimum absolute atomic E-state index is 0.0146. The largest absolute Gasteiger partial charge is 0.343 e. The summed E-state index contributed by atoms with van der Waals surface area (Å²) in [7, 11) is -3.67. The minimum Gasteiger partial charge on any atom is -0.343 e. The van der Waals surface area contributed by atoms with Gasteiger partial charge in [-0.3, -0.25) is 4.79 Å². The molecule has 3 aromatic rings. The molecule has 0 heterocycles. The Balaban J connectivity index is 1.70. The zero-order chi connectivity index (χ0) is 22.5. The molecule has 0 unspecified atom stereocenters. The van der Waals surface area contributed by atoms with Crippen LogP contribution >= 0.6 is 0 Å². The highest BCUT2D eigenvalue weighted by atomic mass is 32.2.